The van der Waals surface area contributed by atoms with E-state index in [-0.39, 0.29) is 5.91 Å². The zero-order valence-electron chi connectivity index (χ0n) is 16.6. The molecule has 156 valence electrons. The van der Waals surface area contributed by atoms with Crippen molar-refractivity contribution in [2.24, 2.45) is 0 Å². The number of fused-ring (bicyclic) bond motifs is 1. The Labute approximate surface area is 175 Å². The average Bonchev–Trinajstić information content (AvgIpc) is 2.78. The number of nitrogens with zero attached hydrogens (tertiary/aromatic N) is 1. The fourth-order valence-electron chi connectivity index (χ4n) is 3.93. The van der Waals surface area contributed by atoms with E-state index in [4.69, 9.17) is 9.94 Å². The number of carbonyl (C=O) groups excluding carboxylic acids is 2. The Balaban J connectivity index is 1.38. The van der Waals surface area contributed by atoms with Crippen LogP contribution in [0.1, 0.15) is 34.3 Å². The van der Waals surface area contributed by atoms with Crippen molar-refractivity contribution >= 4 is 17.9 Å². The van der Waals surface area contributed by atoms with Gasteiger partial charge in [-0.05, 0) is 35.8 Å². The number of amides is 2. The van der Waals surface area contributed by atoms with E-state index in [1.165, 1.54) is 23.2 Å². The van der Waals surface area contributed by atoms with Gasteiger partial charge >= 0.3 is 0 Å². The van der Waals surface area contributed by atoms with Crippen LogP contribution >= 0.6 is 0 Å². The molecule has 2 heterocycles. The monoisotopic (exact) mass is 407 g/mol. The summed E-state index contributed by atoms with van der Waals surface area (Å²) >= 11 is 0. The van der Waals surface area contributed by atoms with Gasteiger partial charge in [0, 0.05) is 38.6 Å². The van der Waals surface area contributed by atoms with Gasteiger partial charge in [-0.15, -0.1) is 0 Å². The summed E-state index contributed by atoms with van der Waals surface area (Å²) in [5.74, 6) is -0.248. The highest BCUT2D eigenvalue weighted by Gasteiger charge is 2.42. The maximum absolute atomic E-state index is 12.7. The quantitative estimate of drug-likeness (QED) is 0.402. The van der Waals surface area contributed by atoms with E-state index in [9.17, 15) is 9.59 Å². The first-order chi connectivity index (χ1) is 14.6. The largest absolute Gasteiger partial charge is 0.467 e. The predicted octanol–water partition coefficient (Wildman–Crippen LogP) is 2.36. The van der Waals surface area contributed by atoms with E-state index in [1.807, 2.05) is 6.07 Å². The summed E-state index contributed by atoms with van der Waals surface area (Å²) in [7, 11) is 0. The first-order valence-corrected chi connectivity index (χ1v) is 10.1. The Morgan fingerprint density at radius 2 is 1.97 bits per heavy atom. The van der Waals surface area contributed by atoms with E-state index in [0.29, 0.717) is 16.9 Å². The summed E-state index contributed by atoms with van der Waals surface area (Å²) in [5.41, 5.74) is 3.31. The van der Waals surface area contributed by atoms with Crippen LogP contribution in [-0.4, -0.2) is 47.3 Å². The minimum Gasteiger partial charge on any atom is -0.467 e. The van der Waals surface area contributed by atoms with Crippen molar-refractivity contribution in [3.8, 4) is 5.75 Å². The van der Waals surface area contributed by atoms with Crippen molar-refractivity contribution in [3.63, 3.8) is 0 Å². The number of rotatable bonds is 5. The molecule has 2 aromatic carbocycles. The van der Waals surface area contributed by atoms with Gasteiger partial charge in [-0.3, -0.25) is 14.8 Å². The molecule has 4 rings (SSSR count). The lowest BCUT2D eigenvalue weighted by molar-refractivity contribution is -0.124. The first-order valence-electron chi connectivity index (χ1n) is 10.1. The molecular weight excluding hydrogens is 382 g/mol. The van der Waals surface area contributed by atoms with Crippen molar-refractivity contribution in [1.29, 1.82) is 0 Å². The van der Waals surface area contributed by atoms with Gasteiger partial charge in [0.2, 0.25) is 0 Å². The van der Waals surface area contributed by atoms with E-state index in [1.54, 1.807) is 18.2 Å². The number of hydrogen-bond acceptors (Lipinski definition) is 5. The Morgan fingerprint density at radius 3 is 2.70 bits per heavy atom. The molecule has 0 aliphatic carbocycles. The van der Waals surface area contributed by atoms with Crippen LogP contribution in [0.5, 0.6) is 5.75 Å². The molecule has 1 saturated heterocycles. The van der Waals surface area contributed by atoms with Crippen LogP contribution in [0.4, 0.5) is 0 Å². The number of hydroxylamine groups is 1. The third-order valence-corrected chi connectivity index (χ3v) is 5.66. The van der Waals surface area contributed by atoms with Gasteiger partial charge < -0.3 is 15.0 Å². The standard InChI is InChI=1S/C23H25N3O4/c27-21(25-29)9-7-18-6-8-20-19(16-18)22(28)24-23(30-20)11-14-26(15-12-23)13-10-17-4-2-1-3-5-17/h1-9,16,29H,10-15H2,(H,24,28)(H,25,27)/b9-7+. The molecule has 2 aliphatic rings. The number of benzene rings is 2. The van der Waals surface area contributed by atoms with E-state index in [2.05, 4.69) is 34.5 Å². The van der Waals surface area contributed by atoms with Crippen LogP contribution in [-0.2, 0) is 11.2 Å². The number of hydrogen-bond donors (Lipinski definition) is 3. The van der Waals surface area contributed by atoms with Crippen molar-refractivity contribution < 1.29 is 19.5 Å². The SMILES string of the molecule is O=C(/C=C/c1ccc2c(c1)C(=O)NC1(CCN(CCc3ccccc3)CC1)O2)NO. The molecule has 0 radical (unpaired) electrons. The molecule has 2 aliphatic heterocycles. The summed E-state index contributed by atoms with van der Waals surface area (Å²) in [6.07, 6.45) is 5.18. The van der Waals surface area contributed by atoms with Gasteiger partial charge in [0.25, 0.3) is 11.8 Å². The summed E-state index contributed by atoms with van der Waals surface area (Å²) in [4.78, 5) is 26.3. The molecule has 0 aromatic heterocycles. The van der Waals surface area contributed by atoms with Crippen LogP contribution < -0.4 is 15.5 Å². The molecule has 2 amide bonds. The molecule has 3 N–H and O–H groups in total. The van der Waals surface area contributed by atoms with Crippen molar-refractivity contribution in [2.45, 2.75) is 25.0 Å². The number of nitrogens with one attached hydrogen (secondary N) is 2. The van der Waals surface area contributed by atoms with Crippen LogP contribution in [0.15, 0.2) is 54.6 Å². The minimum absolute atomic E-state index is 0.171. The molecule has 2 aromatic rings. The average molecular weight is 407 g/mol. The Bertz CT molecular complexity index is 950. The van der Waals surface area contributed by atoms with Gasteiger partial charge in [0.05, 0.1) is 5.56 Å². The topological polar surface area (TPSA) is 90.9 Å². The van der Waals surface area contributed by atoms with Gasteiger partial charge in [-0.2, -0.15) is 0 Å². The van der Waals surface area contributed by atoms with Crippen molar-refractivity contribution in [3.05, 3.63) is 71.3 Å². The van der Waals surface area contributed by atoms with Crippen LogP contribution in [0.3, 0.4) is 0 Å². The number of ether oxygens (including phenoxy) is 1. The van der Waals surface area contributed by atoms with Gasteiger partial charge in [-0.25, -0.2) is 5.48 Å². The number of carbonyl (C=O) groups is 2. The Morgan fingerprint density at radius 1 is 1.20 bits per heavy atom. The molecule has 0 unspecified atom stereocenters. The van der Waals surface area contributed by atoms with E-state index >= 15 is 0 Å². The summed E-state index contributed by atoms with van der Waals surface area (Å²) in [6, 6.07) is 15.7. The lowest BCUT2D eigenvalue weighted by Crippen LogP contribution is -2.61. The van der Waals surface area contributed by atoms with Crippen molar-refractivity contribution in [1.82, 2.24) is 15.7 Å². The van der Waals surface area contributed by atoms with Crippen LogP contribution in [0.2, 0.25) is 0 Å². The molecule has 7 nitrogen and oxygen atoms in total. The zero-order valence-corrected chi connectivity index (χ0v) is 16.6. The third kappa shape index (κ3) is 4.53. The van der Waals surface area contributed by atoms with Crippen LogP contribution in [0.25, 0.3) is 6.08 Å². The van der Waals surface area contributed by atoms with E-state index < -0.39 is 11.6 Å². The maximum atomic E-state index is 12.7. The molecular formula is C23H25N3O4. The number of likely N-dealkylation sites (tertiary alicyclic amines) is 1. The molecule has 0 saturated carbocycles. The minimum atomic E-state index is -0.665. The molecule has 1 spiro atoms. The molecule has 0 atom stereocenters. The first kappa shape index (κ1) is 20.1. The van der Waals surface area contributed by atoms with Crippen molar-refractivity contribution in [2.75, 3.05) is 19.6 Å². The summed E-state index contributed by atoms with van der Waals surface area (Å²) < 4.78 is 6.24. The molecule has 7 heteroatoms. The highest BCUT2D eigenvalue weighted by Crippen LogP contribution is 2.34. The second kappa shape index (κ2) is 8.69. The smallest absolute Gasteiger partial charge is 0.267 e. The van der Waals surface area contributed by atoms with E-state index in [0.717, 1.165) is 38.9 Å². The third-order valence-electron chi connectivity index (χ3n) is 5.66. The summed E-state index contributed by atoms with van der Waals surface area (Å²) in [5, 5.41) is 11.6. The highest BCUT2D eigenvalue weighted by atomic mass is 16.5. The molecule has 30 heavy (non-hydrogen) atoms. The second-order valence-electron chi connectivity index (χ2n) is 7.69. The maximum Gasteiger partial charge on any atom is 0.267 e. The van der Waals surface area contributed by atoms with Crippen LogP contribution in [0, 0.1) is 0 Å². The molecule has 1 fully saturated rings. The Hall–Kier alpha value is -3.16. The zero-order chi connectivity index (χ0) is 21.0. The Kier molecular flexibility index (Phi) is 5.83. The molecule has 0 bridgehead atoms. The highest BCUT2D eigenvalue weighted by molar-refractivity contribution is 5.99. The van der Waals surface area contributed by atoms with Gasteiger partial charge in [-0.1, -0.05) is 36.4 Å². The second-order valence-corrected chi connectivity index (χ2v) is 7.69. The fraction of sp³-hybridized carbons (Fsp3) is 0.304. The fourth-order valence-corrected chi connectivity index (χ4v) is 3.93. The predicted molar refractivity (Wildman–Crippen MR) is 112 cm³/mol. The number of piperidine rings is 1. The summed E-state index contributed by atoms with van der Waals surface area (Å²) in [6.45, 7) is 2.71. The van der Waals surface area contributed by atoms with Gasteiger partial charge in [0.1, 0.15) is 5.75 Å². The lowest BCUT2D eigenvalue weighted by atomic mass is 9.96. The normalized spacial score (nSPS) is 18.0. The van der Waals surface area contributed by atoms with Gasteiger partial charge in [0.15, 0.2) is 5.72 Å². The lowest BCUT2D eigenvalue weighted by Gasteiger charge is -2.44.